The van der Waals surface area contributed by atoms with Gasteiger partial charge in [0.15, 0.2) is 0 Å². The number of primary amides is 1. The van der Waals surface area contributed by atoms with Crippen molar-refractivity contribution in [3.63, 3.8) is 0 Å². The summed E-state index contributed by atoms with van der Waals surface area (Å²) >= 11 is 1.24. The highest BCUT2D eigenvalue weighted by Crippen LogP contribution is 2.27. The minimum absolute atomic E-state index is 0.103. The van der Waals surface area contributed by atoms with Crippen LogP contribution in [0.4, 0.5) is 24.5 Å². The predicted octanol–water partition coefficient (Wildman–Crippen LogP) is 3.60. The zero-order chi connectivity index (χ0) is 20.7. The average molecular weight is 413 g/mol. The van der Waals surface area contributed by atoms with Gasteiger partial charge in [-0.15, -0.1) is 24.9 Å². The van der Waals surface area contributed by atoms with E-state index in [0.717, 1.165) is 17.0 Å². The van der Waals surface area contributed by atoms with E-state index in [2.05, 4.69) is 15.4 Å². The normalized spacial score (nSPS) is 12.1. The van der Waals surface area contributed by atoms with Crippen LogP contribution >= 0.6 is 11.8 Å². The predicted molar refractivity (Wildman–Crippen MR) is 101 cm³/mol. The Kier molecular flexibility index (Phi) is 7.16. The third-order valence-electron chi connectivity index (χ3n) is 3.38. The van der Waals surface area contributed by atoms with Gasteiger partial charge in [0.25, 0.3) is 0 Å². The number of amides is 2. The third kappa shape index (κ3) is 7.03. The lowest BCUT2D eigenvalue weighted by atomic mass is 10.2. The van der Waals surface area contributed by atoms with Gasteiger partial charge in [-0.2, -0.15) is 0 Å². The van der Waals surface area contributed by atoms with Crippen LogP contribution in [-0.4, -0.2) is 30.0 Å². The number of rotatable bonds is 8. The van der Waals surface area contributed by atoms with E-state index in [1.807, 2.05) is 0 Å². The summed E-state index contributed by atoms with van der Waals surface area (Å²) < 4.78 is 40.3. The van der Waals surface area contributed by atoms with Crippen molar-refractivity contribution in [1.82, 2.24) is 0 Å². The van der Waals surface area contributed by atoms with E-state index < -0.39 is 18.3 Å². The second-order valence-electron chi connectivity index (χ2n) is 5.68. The second kappa shape index (κ2) is 9.36. The maximum atomic E-state index is 12.3. The van der Waals surface area contributed by atoms with Gasteiger partial charge in [0, 0.05) is 16.3 Å². The van der Waals surface area contributed by atoms with Crippen LogP contribution in [0.25, 0.3) is 0 Å². The van der Waals surface area contributed by atoms with Crippen LogP contribution < -0.4 is 21.1 Å². The molecule has 10 heteroatoms. The summed E-state index contributed by atoms with van der Waals surface area (Å²) in [7, 11) is 0. The lowest BCUT2D eigenvalue weighted by Crippen LogP contribution is -2.32. The highest BCUT2D eigenvalue weighted by molar-refractivity contribution is 8.00. The minimum Gasteiger partial charge on any atom is -0.406 e. The van der Waals surface area contributed by atoms with Crippen LogP contribution in [0.3, 0.4) is 0 Å². The van der Waals surface area contributed by atoms with Crippen molar-refractivity contribution in [2.45, 2.75) is 24.2 Å². The summed E-state index contributed by atoms with van der Waals surface area (Å²) in [5, 5.41) is 5.64. The Bertz CT molecular complexity index is 829. The van der Waals surface area contributed by atoms with E-state index in [1.54, 1.807) is 31.2 Å². The van der Waals surface area contributed by atoms with Gasteiger partial charge in [-0.25, -0.2) is 0 Å². The summed E-state index contributed by atoms with van der Waals surface area (Å²) in [6.07, 6.45) is -4.77. The smallest absolute Gasteiger partial charge is 0.406 e. The molecule has 0 saturated carbocycles. The van der Waals surface area contributed by atoms with Gasteiger partial charge >= 0.3 is 6.36 Å². The fraction of sp³-hybridized carbons (Fsp3) is 0.222. The van der Waals surface area contributed by atoms with Crippen molar-refractivity contribution in [3.05, 3.63) is 48.5 Å². The van der Waals surface area contributed by atoms with Crippen LogP contribution in [0.5, 0.6) is 5.75 Å². The Hall–Kier alpha value is -2.88. The minimum atomic E-state index is -4.77. The van der Waals surface area contributed by atoms with E-state index >= 15 is 0 Å². The average Bonchev–Trinajstić information content (AvgIpc) is 2.61. The number of hydrogen-bond acceptors (Lipinski definition) is 5. The maximum absolute atomic E-state index is 12.3. The van der Waals surface area contributed by atoms with Gasteiger partial charge in [0.1, 0.15) is 11.8 Å². The molecule has 0 radical (unpaired) electrons. The van der Waals surface area contributed by atoms with E-state index in [-0.39, 0.29) is 17.4 Å². The van der Waals surface area contributed by atoms with Crippen LogP contribution in [0.15, 0.2) is 53.4 Å². The molecule has 2 rings (SSSR count). The molecule has 0 aliphatic heterocycles. The number of halogens is 3. The van der Waals surface area contributed by atoms with Crippen LogP contribution in [0.1, 0.15) is 6.92 Å². The number of ether oxygens (including phenoxy) is 1. The molecule has 2 aromatic carbocycles. The quantitative estimate of drug-likeness (QED) is 0.575. The number of para-hydroxylation sites is 1. The molecule has 0 aliphatic carbocycles. The van der Waals surface area contributed by atoms with Gasteiger partial charge in [-0.3, -0.25) is 9.59 Å². The molecule has 1 atom stereocenters. The van der Waals surface area contributed by atoms with E-state index in [1.165, 1.54) is 23.9 Å². The molecular weight excluding hydrogens is 395 g/mol. The van der Waals surface area contributed by atoms with Crippen molar-refractivity contribution >= 4 is 35.0 Å². The first kappa shape index (κ1) is 21.4. The SMILES string of the molecule is C[C@H](Nc1ccccc1SCC(N)=O)C(=O)Nc1ccc(OC(F)(F)F)cc1. The fourth-order valence-corrected chi connectivity index (χ4v) is 2.90. The van der Waals surface area contributed by atoms with Gasteiger partial charge in [-0.05, 0) is 43.3 Å². The Morgan fingerprint density at radius 1 is 1.14 bits per heavy atom. The van der Waals surface area contributed by atoms with E-state index in [4.69, 9.17) is 5.73 Å². The van der Waals surface area contributed by atoms with Gasteiger partial charge in [-0.1, -0.05) is 12.1 Å². The maximum Gasteiger partial charge on any atom is 0.573 e. The van der Waals surface area contributed by atoms with E-state index in [9.17, 15) is 22.8 Å². The highest BCUT2D eigenvalue weighted by atomic mass is 32.2. The van der Waals surface area contributed by atoms with Crippen molar-refractivity contribution in [1.29, 1.82) is 0 Å². The summed E-state index contributed by atoms with van der Waals surface area (Å²) in [6.45, 7) is 1.63. The number of alkyl halides is 3. The topological polar surface area (TPSA) is 93.5 Å². The molecule has 0 spiro atoms. The molecule has 0 aromatic heterocycles. The lowest BCUT2D eigenvalue weighted by molar-refractivity contribution is -0.274. The zero-order valence-electron chi connectivity index (χ0n) is 14.7. The standard InChI is InChI=1S/C18H18F3N3O3S/c1-11(23-14-4-2-3-5-15(14)28-10-16(22)25)17(26)24-12-6-8-13(9-7-12)27-18(19,20)21/h2-9,11,23H,10H2,1H3,(H2,22,25)(H,24,26)/t11-/m0/s1. The number of nitrogens with two attached hydrogens (primary N) is 1. The van der Waals surface area contributed by atoms with Crippen LogP contribution in [-0.2, 0) is 9.59 Å². The summed E-state index contributed by atoms with van der Waals surface area (Å²) in [5.41, 5.74) is 6.14. The lowest BCUT2D eigenvalue weighted by Gasteiger charge is -2.18. The number of thioether (sulfide) groups is 1. The largest absolute Gasteiger partial charge is 0.573 e. The zero-order valence-corrected chi connectivity index (χ0v) is 15.6. The molecule has 0 bridgehead atoms. The van der Waals surface area contributed by atoms with Crippen molar-refractivity contribution in [2.75, 3.05) is 16.4 Å². The molecule has 2 aromatic rings. The van der Waals surface area contributed by atoms with Crippen molar-refractivity contribution in [2.24, 2.45) is 5.73 Å². The first-order valence-electron chi connectivity index (χ1n) is 8.07. The monoisotopic (exact) mass is 413 g/mol. The Morgan fingerprint density at radius 3 is 2.39 bits per heavy atom. The number of hydrogen-bond donors (Lipinski definition) is 3. The molecule has 4 N–H and O–H groups in total. The number of anilines is 2. The first-order valence-corrected chi connectivity index (χ1v) is 9.06. The number of carbonyl (C=O) groups is 2. The van der Waals surface area contributed by atoms with Gasteiger partial charge < -0.3 is 21.1 Å². The summed E-state index contributed by atoms with van der Waals surface area (Å²) in [5.74, 6) is -1.12. The molecule has 28 heavy (non-hydrogen) atoms. The molecule has 0 saturated heterocycles. The number of nitrogens with one attached hydrogen (secondary N) is 2. The first-order chi connectivity index (χ1) is 13.1. The van der Waals surface area contributed by atoms with Crippen molar-refractivity contribution in [3.8, 4) is 5.75 Å². The van der Waals surface area contributed by atoms with Crippen LogP contribution in [0.2, 0.25) is 0 Å². The Balaban J connectivity index is 1.97. The van der Waals surface area contributed by atoms with Crippen LogP contribution in [0, 0.1) is 0 Å². The molecule has 6 nitrogen and oxygen atoms in total. The molecule has 0 aliphatic rings. The van der Waals surface area contributed by atoms with Gasteiger partial charge in [0.05, 0.1) is 5.75 Å². The molecule has 0 heterocycles. The molecule has 0 fully saturated rings. The van der Waals surface area contributed by atoms with Crippen molar-refractivity contribution < 1.29 is 27.5 Å². The summed E-state index contributed by atoms with van der Waals surface area (Å²) in [6, 6.07) is 11.3. The summed E-state index contributed by atoms with van der Waals surface area (Å²) in [4.78, 5) is 24.1. The number of carbonyl (C=O) groups excluding carboxylic acids is 2. The molecule has 150 valence electrons. The fourth-order valence-electron chi connectivity index (χ4n) is 2.15. The second-order valence-corrected chi connectivity index (χ2v) is 6.70. The number of benzene rings is 2. The van der Waals surface area contributed by atoms with Gasteiger partial charge in [0.2, 0.25) is 11.8 Å². The molecular formula is C18H18F3N3O3S. The molecule has 0 unspecified atom stereocenters. The van der Waals surface area contributed by atoms with E-state index in [0.29, 0.717) is 11.4 Å². The third-order valence-corrected chi connectivity index (χ3v) is 4.47. The molecule has 2 amide bonds. The Morgan fingerprint density at radius 2 is 1.79 bits per heavy atom. The highest BCUT2D eigenvalue weighted by Gasteiger charge is 2.31. The Labute approximate surface area is 163 Å².